The normalized spacial score (nSPS) is 19.5. The van der Waals surface area contributed by atoms with Crippen LogP contribution in [-0.2, 0) is 16.6 Å². The van der Waals surface area contributed by atoms with Gasteiger partial charge < -0.3 is 20.3 Å². The maximum Gasteiger partial charge on any atom is 0.318 e. The summed E-state index contributed by atoms with van der Waals surface area (Å²) in [5.41, 5.74) is 5.14. The maximum absolute atomic E-state index is 15.7. The molecule has 1 saturated heterocycles. The van der Waals surface area contributed by atoms with E-state index in [-0.39, 0.29) is 17.7 Å². The van der Waals surface area contributed by atoms with E-state index in [2.05, 4.69) is 46.3 Å². The van der Waals surface area contributed by atoms with E-state index in [1.54, 1.807) is 0 Å². The van der Waals surface area contributed by atoms with E-state index in [9.17, 15) is 4.79 Å². The van der Waals surface area contributed by atoms with Gasteiger partial charge in [-0.25, -0.2) is 4.39 Å². The Morgan fingerprint density at radius 1 is 1.24 bits per heavy atom. The molecule has 8 heteroatoms. The Kier molecular flexibility index (Phi) is 6.51. The Labute approximate surface area is 222 Å². The first-order valence-corrected chi connectivity index (χ1v) is 13.6. The summed E-state index contributed by atoms with van der Waals surface area (Å²) in [4.78, 5) is 23.1. The zero-order valence-corrected chi connectivity index (χ0v) is 21.9. The summed E-state index contributed by atoms with van der Waals surface area (Å²) in [6, 6.07) is 10.2. The summed E-state index contributed by atoms with van der Waals surface area (Å²) in [7, 11) is 2.10. The molecule has 0 radical (unpaired) electrons. The lowest BCUT2D eigenvalue weighted by molar-refractivity contribution is -0.116. The Hall–Kier alpha value is -3.52. The SMILES string of the molecule is C=CC(=O)NCCNc1nc(OC[C@@H]2CCCN2C)nc2cc(-c3cccc4c3CCC43CC3)c(F)cc12. The smallest absolute Gasteiger partial charge is 0.318 e. The van der Waals surface area contributed by atoms with Crippen LogP contribution in [0.2, 0.25) is 0 Å². The predicted octanol–water partition coefficient (Wildman–Crippen LogP) is 4.60. The van der Waals surface area contributed by atoms with Crippen molar-refractivity contribution in [2.24, 2.45) is 0 Å². The standard InChI is InChI=1S/C30H34FN5O2/c1-3-27(37)32-13-14-33-28-23-16-25(31)22(20-7-4-8-24-21(20)9-10-30(24)11-12-30)17-26(23)34-29(35-28)38-18-19-6-5-15-36(19)2/h3-4,7-8,16-17,19H,1,5-6,9-15,18H2,2H3,(H,32,37)(H,33,34,35)/t19-/m0/s1. The number of anilines is 1. The van der Waals surface area contributed by atoms with Crippen LogP contribution in [0.25, 0.3) is 22.0 Å². The molecule has 2 heterocycles. The number of nitrogens with one attached hydrogen (secondary N) is 2. The molecular formula is C30H34FN5O2. The van der Waals surface area contributed by atoms with Gasteiger partial charge in [-0.3, -0.25) is 4.79 Å². The van der Waals surface area contributed by atoms with Crippen molar-refractivity contribution >= 4 is 22.6 Å². The number of rotatable bonds is 9. The number of nitrogens with zero attached hydrogens (tertiary/aromatic N) is 3. The maximum atomic E-state index is 15.7. The highest BCUT2D eigenvalue weighted by Crippen LogP contribution is 2.58. The highest BCUT2D eigenvalue weighted by molar-refractivity contribution is 5.93. The van der Waals surface area contributed by atoms with Crippen LogP contribution >= 0.6 is 0 Å². The van der Waals surface area contributed by atoms with Crippen molar-refractivity contribution in [3.05, 3.63) is 59.9 Å². The van der Waals surface area contributed by atoms with Crippen molar-refractivity contribution in [2.45, 2.75) is 50.0 Å². The van der Waals surface area contributed by atoms with Crippen LogP contribution in [0.4, 0.5) is 10.2 Å². The van der Waals surface area contributed by atoms with Crippen LogP contribution in [0.5, 0.6) is 6.01 Å². The van der Waals surface area contributed by atoms with Crippen molar-refractivity contribution in [3.63, 3.8) is 0 Å². The summed E-state index contributed by atoms with van der Waals surface area (Å²) < 4.78 is 21.8. The monoisotopic (exact) mass is 515 g/mol. The minimum atomic E-state index is -0.296. The molecule has 2 fully saturated rings. The molecule has 0 unspecified atom stereocenters. The summed E-state index contributed by atoms with van der Waals surface area (Å²) in [6.45, 7) is 5.81. The minimum absolute atomic E-state index is 0.247. The molecule has 1 amide bonds. The van der Waals surface area contributed by atoms with Crippen LogP contribution in [0.15, 0.2) is 43.0 Å². The first kappa shape index (κ1) is 24.8. The number of ether oxygens (including phenoxy) is 1. The lowest BCUT2D eigenvalue weighted by atomic mass is 9.92. The van der Waals surface area contributed by atoms with Gasteiger partial charge in [0, 0.05) is 30.1 Å². The molecule has 1 aromatic heterocycles. The summed E-state index contributed by atoms with van der Waals surface area (Å²) in [5.74, 6) is -0.0584. The van der Waals surface area contributed by atoms with Gasteiger partial charge in [0.25, 0.3) is 0 Å². The first-order chi connectivity index (χ1) is 18.5. The number of likely N-dealkylation sites (N-methyl/N-ethyl adjacent to an activating group) is 1. The number of carbonyl (C=O) groups is 1. The highest BCUT2D eigenvalue weighted by Gasteiger charge is 2.48. The summed E-state index contributed by atoms with van der Waals surface area (Å²) in [5, 5.41) is 6.55. The molecule has 1 saturated carbocycles. The Balaban J connectivity index is 1.34. The fourth-order valence-electron chi connectivity index (χ4n) is 6.11. The van der Waals surface area contributed by atoms with Crippen molar-refractivity contribution in [1.29, 1.82) is 0 Å². The number of hydrogen-bond donors (Lipinski definition) is 2. The van der Waals surface area contributed by atoms with Crippen molar-refractivity contribution in [1.82, 2.24) is 20.2 Å². The van der Waals surface area contributed by atoms with Gasteiger partial charge in [0.2, 0.25) is 5.91 Å². The largest absolute Gasteiger partial charge is 0.462 e. The average molecular weight is 516 g/mol. The second-order valence-electron chi connectivity index (χ2n) is 10.8. The van der Waals surface area contributed by atoms with Crippen LogP contribution < -0.4 is 15.4 Å². The fourth-order valence-corrected chi connectivity index (χ4v) is 6.11. The topological polar surface area (TPSA) is 79.4 Å². The molecule has 2 aliphatic carbocycles. The van der Waals surface area contributed by atoms with Gasteiger partial charge in [0.1, 0.15) is 18.2 Å². The van der Waals surface area contributed by atoms with Crippen LogP contribution in [0.1, 0.15) is 43.2 Å². The number of benzene rings is 2. The van der Waals surface area contributed by atoms with E-state index in [0.717, 1.165) is 37.8 Å². The van der Waals surface area contributed by atoms with E-state index >= 15 is 4.39 Å². The third-order valence-corrected chi connectivity index (χ3v) is 8.49. The predicted molar refractivity (Wildman–Crippen MR) is 147 cm³/mol. The van der Waals surface area contributed by atoms with E-state index in [0.29, 0.717) is 53.4 Å². The number of carbonyl (C=O) groups excluding carboxylic acids is 1. The van der Waals surface area contributed by atoms with Gasteiger partial charge in [0.05, 0.1) is 5.52 Å². The number of aromatic nitrogens is 2. The fraction of sp³-hybridized carbons (Fsp3) is 0.433. The van der Waals surface area contributed by atoms with Gasteiger partial charge in [-0.1, -0.05) is 24.8 Å². The van der Waals surface area contributed by atoms with Crippen LogP contribution in [0.3, 0.4) is 0 Å². The van der Waals surface area contributed by atoms with E-state index in [4.69, 9.17) is 9.72 Å². The number of hydrogen-bond acceptors (Lipinski definition) is 6. The lowest BCUT2D eigenvalue weighted by Crippen LogP contribution is -2.31. The van der Waals surface area contributed by atoms with Gasteiger partial charge in [-0.05, 0) is 92.4 Å². The number of amides is 1. The van der Waals surface area contributed by atoms with E-state index in [1.807, 2.05) is 12.1 Å². The molecule has 2 aromatic carbocycles. The second kappa shape index (κ2) is 9.98. The molecule has 2 N–H and O–H groups in total. The van der Waals surface area contributed by atoms with Crippen LogP contribution in [0, 0.1) is 5.82 Å². The van der Waals surface area contributed by atoms with Gasteiger partial charge >= 0.3 is 6.01 Å². The summed E-state index contributed by atoms with van der Waals surface area (Å²) in [6.07, 6.45) is 8.06. The second-order valence-corrected chi connectivity index (χ2v) is 10.8. The average Bonchev–Trinajstić information content (AvgIpc) is 3.46. The molecule has 198 valence electrons. The summed E-state index contributed by atoms with van der Waals surface area (Å²) >= 11 is 0. The molecule has 0 bridgehead atoms. The lowest BCUT2D eigenvalue weighted by Gasteiger charge is -2.19. The molecule has 1 atom stereocenters. The third-order valence-electron chi connectivity index (χ3n) is 8.49. The van der Waals surface area contributed by atoms with Crippen molar-refractivity contribution in [3.8, 4) is 17.1 Å². The quantitative estimate of drug-likeness (QED) is 0.320. The molecule has 3 aromatic rings. The van der Waals surface area contributed by atoms with Gasteiger partial charge in [-0.2, -0.15) is 9.97 Å². The highest BCUT2D eigenvalue weighted by atomic mass is 19.1. The molecule has 38 heavy (non-hydrogen) atoms. The molecule has 7 nitrogen and oxygen atoms in total. The number of likely N-dealkylation sites (tertiary alicyclic amines) is 1. The Morgan fingerprint density at radius 3 is 2.87 bits per heavy atom. The zero-order chi connectivity index (χ0) is 26.3. The Morgan fingerprint density at radius 2 is 2.11 bits per heavy atom. The van der Waals surface area contributed by atoms with E-state index < -0.39 is 0 Å². The first-order valence-electron chi connectivity index (χ1n) is 13.6. The van der Waals surface area contributed by atoms with Gasteiger partial charge in [0.15, 0.2) is 0 Å². The Bertz CT molecular complexity index is 1400. The third kappa shape index (κ3) is 4.62. The number of fused-ring (bicyclic) bond motifs is 3. The van der Waals surface area contributed by atoms with Gasteiger partial charge in [-0.15, -0.1) is 0 Å². The molecule has 1 spiro atoms. The zero-order valence-electron chi connectivity index (χ0n) is 21.9. The van der Waals surface area contributed by atoms with Crippen LogP contribution in [-0.4, -0.2) is 60.1 Å². The molecule has 6 rings (SSSR count). The van der Waals surface area contributed by atoms with Crippen molar-refractivity contribution in [2.75, 3.05) is 38.6 Å². The van der Waals surface area contributed by atoms with Crippen molar-refractivity contribution < 1.29 is 13.9 Å². The van der Waals surface area contributed by atoms with E-state index in [1.165, 1.54) is 36.1 Å². The molecule has 1 aliphatic heterocycles. The molecular weight excluding hydrogens is 481 g/mol. The molecule has 3 aliphatic rings. The minimum Gasteiger partial charge on any atom is -0.462 e. The number of halogens is 1.